The van der Waals surface area contributed by atoms with Gasteiger partial charge in [-0.25, -0.2) is 0 Å². The third kappa shape index (κ3) is 2.13. The van der Waals surface area contributed by atoms with Crippen LogP contribution in [0.1, 0.15) is 52.4 Å². The van der Waals surface area contributed by atoms with Crippen molar-refractivity contribution in [2.24, 2.45) is 17.8 Å². The van der Waals surface area contributed by atoms with Gasteiger partial charge in [0.05, 0.1) is 4.99 Å². The highest BCUT2D eigenvalue weighted by molar-refractivity contribution is 7.80. The van der Waals surface area contributed by atoms with Gasteiger partial charge in [-0.2, -0.15) is 0 Å². The van der Waals surface area contributed by atoms with Gasteiger partial charge in [0.2, 0.25) is 0 Å². The molecule has 0 radical (unpaired) electrons. The van der Waals surface area contributed by atoms with Crippen LogP contribution in [-0.2, 0) is 0 Å². The highest BCUT2D eigenvalue weighted by atomic mass is 32.1. The lowest BCUT2D eigenvalue weighted by atomic mass is 9.69. The van der Waals surface area contributed by atoms with Crippen molar-refractivity contribution in [3.05, 3.63) is 0 Å². The van der Waals surface area contributed by atoms with E-state index in [1.165, 1.54) is 50.1 Å². The molecule has 1 nitrogen and oxygen atoms in total. The molecule has 0 bridgehead atoms. The molecule has 1 aliphatic heterocycles. The first-order chi connectivity index (χ1) is 8.51. The molecule has 18 heavy (non-hydrogen) atoms. The summed E-state index contributed by atoms with van der Waals surface area (Å²) in [5, 5.41) is 0.724. The lowest BCUT2D eigenvalue weighted by Crippen LogP contribution is -2.48. The van der Waals surface area contributed by atoms with Gasteiger partial charge in [-0.3, -0.25) is 0 Å². The fourth-order valence-corrected chi connectivity index (χ4v) is 5.02. The summed E-state index contributed by atoms with van der Waals surface area (Å²) in [5.41, 5.74) is 0. The molecule has 0 spiro atoms. The number of fused-ring (bicyclic) bond motifs is 2. The Morgan fingerprint density at radius 2 is 2.06 bits per heavy atom. The van der Waals surface area contributed by atoms with Crippen LogP contribution in [0.2, 0.25) is 5.31 Å². The minimum Gasteiger partial charge on any atom is -0.363 e. The maximum Gasteiger partial charge on any atom is 0.109 e. The minimum atomic E-state index is 0.593. The smallest absolute Gasteiger partial charge is 0.109 e. The summed E-state index contributed by atoms with van der Waals surface area (Å²) in [4.78, 5) is 3.79. The first-order valence-electron chi connectivity index (χ1n) is 7.82. The van der Waals surface area contributed by atoms with Gasteiger partial charge in [-0.1, -0.05) is 30.4 Å². The average Bonchev–Trinajstić information content (AvgIpc) is 2.93. The van der Waals surface area contributed by atoms with E-state index in [0.717, 1.165) is 23.1 Å². The predicted octanol–water partition coefficient (Wildman–Crippen LogP) is 3.05. The third-order valence-electron chi connectivity index (χ3n) is 5.98. The molecular weight excluding hydrogens is 237 g/mol. The van der Waals surface area contributed by atoms with Crippen molar-refractivity contribution < 1.29 is 0 Å². The molecule has 4 unspecified atom stereocenters. The Labute approximate surface area is 118 Å². The molecule has 2 saturated carbocycles. The van der Waals surface area contributed by atoms with Crippen LogP contribution in [0.4, 0.5) is 0 Å². The van der Waals surface area contributed by atoms with Gasteiger partial charge in [-0.15, -0.1) is 0 Å². The monoisotopic (exact) mass is 263 g/mol. The van der Waals surface area contributed by atoms with Crippen LogP contribution in [-0.4, -0.2) is 30.3 Å². The molecule has 3 rings (SSSR count). The molecule has 3 aliphatic rings. The quantitative estimate of drug-likeness (QED) is 0.528. The number of thiocarbonyl (C=S) groups is 1. The highest BCUT2D eigenvalue weighted by Gasteiger charge is 2.51. The Morgan fingerprint density at radius 3 is 2.78 bits per heavy atom. The van der Waals surface area contributed by atoms with Gasteiger partial charge in [0.25, 0.3) is 0 Å². The third-order valence-corrected chi connectivity index (χ3v) is 6.52. The molecule has 1 saturated heterocycles. The first kappa shape index (κ1) is 13.0. The molecule has 3 fully saturated rings. The summed E-state index contributed by atoms with van der Waals surface area (Å²) in [7, 11) is 2.51. The van der Waals surface area contributed by atoms with E-state index in [1.54, 1.807) is 0 Å². The Kier molecular flexibility index (Phi) is 3.24. The molecule has 0 aromatic heterocycles. The van der Waals surface area contributed by atoms with Crippen molar-refractivity contribution in [3.63, 3.8) is 0 Å². The van der Waals surface area contributed by atoms with Crippen LogP contribution in [0.25, 0.3) is 0 Å². The molecule has 0 aromatic rings. The van der Waals surface area contributed by atoms with Crippen LogP contribution >= 0.6 is 12.2 Å². The molecule has 0 aromatic carbocycles. The van der Waals surface area contributed by atoms with Crippen molar-refractivity contribution in [1.82, 2.24) is 4.90 Å². The van der Waals surface area contributed by atoms with E-state index < -0.39 is 0 Å². The zero-order valence-corrected chi connectivity index (χ0v) is 12.9. The molecule has 0 amide bonds. The van der Waals surface area contributed by atoms with Crippen LogP contribution in [0.15, 0.2) is 0 Å². The van der Waals surface area contributed by atoms with E-state index in [2.05, 4.69) is 26.6 Å². The van der Waals surface area contributed by atoms with Gasteiger partial charge in [-0.05, 0) is 51.4 Å². The summed E-state index contributed by atoms with van der Waals surface area (Å²) in [6, 6.07) is 0.593. The Hall–Kier alpha value is -0.0451. The molecular formula is C15H26BNS. The molecule has 1 heterocycles. The lowest BCUT2D eigenvalue weighted by Gasteiger charge is -2.43. The zero-order chi connectivity index (χ0) is 12.9. The number of rotatable bonds is 1. The molecule has 100 valence electrons. The van der Waals surface area contributed by atoms with E-state index in [0.29, 0.717) is 6.04 Å². The minimum absolute atomic E-state index is 0.593. The molecule has 0 N–H and O–H groups in total. The van der Waals surface area contributed by atoms with Gasteiger partial charge >= 0.3 is 0 Å². The van der Waals surface area contributed by atoms with E-state index in [9.17, 15) is 0 Å². The standard InChI is InChI=1S/C15H26BNS/c1-10(2)17-8-6-11-5-7-15(16)9-12(15)3-4-13(11)14(17)18/h10-13H,3-9,16H2,1-2H3. The largest absolute Gasteiger partial charge is 0.363 e. The molecule has 2 aliphatic carbocycles. The second-order valence-corrected chi connectivity index (χ2v) is 7.87. The van der Waals surface area contributed by atoms with Crippen LogP contribution < -0.4 is 0 Å². The van der Waals surface area contributed by atoms with Gasteiger partial charge in [0, 0.05) is 18.5 Å². The number of hydrogen-bond donors (Lipinski definition) is 0. The van der Waals surface area contributed by atoms with E-state index >= 15 is 0 Å². The van der Waals surface area contributed by atoms with Crippen molar-refractivity contribution in [3.8, 4) is 0 Å². The van der Waals surface area contributed by atoms with Gasteiger partial charge in [0.15, 0.2) is 0 Å². The summed E-state index contributed by atoms with van der Waals surface area (Å²) in [6.45, 7) is 5.78. The Bertz CT molecular complexity index is 356. The fraction of sp³-hybridized carbons (Fsp3) is 0.933. The zero-order valence-electron chi connectivity index (χ0n) is 12.1. The average molecular weight is 263 g/mol. The molecule has 3 heteroatoms. The summed E-state index contributed by atoms with van der Waals surface area (Å²) < 4.78 is 0. The number of piperidine rings is 1. The Balaban J connectivity index is 1.72. The maximum absolute atomic E-state index is 5.81. The molecule has 4 atom stereocenters. The summed E-state index contributed by atoms with van der Waals surface area (Å²) in [6.07, 6.45) is 8.57. The van der Waals surface area contributed by atoms with Crippen molar-refractivity contribution in [2.45, 2.75) is 63.7 Å². The number of likely N-dealkylation sites (tertiary alicyclic amines) is 1. The maximum atomic E-state index is 5.81. The van der Waals surface area contributed by atoms with Crippen molar-refractivity contribution in [1.29, 1.82) is 0 Å². The number of hydrogen-bond acceptors (Lipinski definition) is 1. The fourth-order valence-electron chi connectivity index (χ4n) is 4.40. The topological polar surface area (TPSA) is 3.24 Å². The SMILES string of the molecule is BC12CCC3CCN(C(C)C)C(=S)C3CCC1C2. The lowest BCUT2D eigenvalue weighted by molar-refractivity contribution is 0.202. The first-order valence-corrected chi connectivity index (χ1v) is 8.22. The van der Waals surface area contributed by atoms with Crippen LogP contribution in [0.5, 0.6) is 0 Å². The number of nitrogens with zero attached hydrogens (tertiary/aromatic N) is 1. The van der Waals surface area contributed by atoms with E-state index in [1.807, 2.05) is 0 Å². The van der Waals surface area contributed by atoms with Crippen molar-refractivity contribution >= 4 is 25.1 Å². The van der Waals surface area contributed by atoms with Gasteiger partial charge < -0.3 is 4.90 Å². The van der Waals surface area contributed by atoms with Crippen LogP contribution in [0.3, 0.4) is 0 Å². The predicted molar refractivity (Wildman–Crippen MR) is 83.8 cm³/mol. The second-order valence-electron chi connectivity index (χ2n) is 7.45. The van der Waals surface area contributed by atoms with Crippen LogP contribution in [0, 0.1) is 17.8 Å². The van der Waals surface area contributed by atoms with Crippen molar-refractivity contribution in [2.75, 3.05) is 6.54 Å². The van der Waals surface area contributed by atoms with E-state index in [4.69, 9.17) is 12.2 Å². The normalized spacial score (nSPS) is 44.1. The van der Waals surface area contributed by atoms with E-state index in [-0.39, 0.29) is 0 Å². The highest BCUT2D eigenvalue weighted by Crippen LogP contribution is 2.64. The van der Waals surface area contributed by atoms with Gasteiger partial charge in [0.1, 0.15) is 7.85 Å². The second kappa shape index (κ2) is 4.50. The Morgan fingerprint density at radius 1 is 1.28 bits per heavy atom. The summed E-state index contributed by atoms with van der Waals surface area (Å²) in [5.74, 6) is 2.64. The summed E-state index contributed by atoms with van der Waals surface area (Å²) >= 11 is 5.81.